The van der Waals surface area contributed by atoms with Crippen molar-refractivity contribution in [2.75, 3.05) is 11.9 Å². The van der Waals surface area contributed by atoms with Crippen molar-refractivity contribution in [3.8, 4) is 0 Å². The van der Waals surface area contributed by atoms with Crippen LogP contribution in [0.4, 0.5) is 5.69 Å². The molecule has 1 fully saturated rings. The van der Waals surface area contributed by atoms with Crippen LogP contribution < -0.4 is 5.32 Å². The second-order valence-electron chi connectivity index (χ2n) is 4.97. The Morgan fingerprint density at radius 1 is 1.25 bits per heavy atom. The largest absolute Gasteiger partial charge is 0.384 e. The fourth-order valence-corrected chi connectivity index (χ4v) is 3.41. The van der Waals surface area contributed by atoms with Gasteiger partial charge in [0.15, 0.2) is 0 Å². The summed E-state index contributed by atoms with van der Waals surface area (Å²) < 4.78 is 1.20. The molecule has 0 amide bonds. The monoisotopic (exact) mass is 281 g/mol. The van der Waals surface area contributed by atoms with E-state index in [2.05, 4.69) is 47.2 Å². The molecule has 1 nitrogen and oxygen atoms in total. The average Bonchev–Trinajstić information content (AvgIpc) is 2.68. The SMILES string of the molecule is Cc1cc(C)c(NCC2CCCC2)c(Br)c1. The zero-order chi connectivity index (χ0) is 11.5. The summed E-state index contributed by atoms with van der Waals surface area (Å²) in [5, 5.41) is 3.60. The molecule has 0 atom stereocenters. The Morgan fingerprint density at radius 2 is 1.94 bits per heavy atom. The number of nitrogens with one attached hydrogen (secondary N) is 1. The van der Waals surface area contributed by atoms with Gasteiger partial charge >= 0.3 is 0 Å². The molecule has 16 heavy (non-hydrogen) atoms. The minimum Gasteiger partial charge on any atom is -0.384 e. The lowest BCUT2D eigenvalue weighted by Crippen LogP contribution is -2.12. The fraction of sp³-hybridized carbons (Fsp3) is 0.571. The molecule has 1 aliphatic carbocycles. The van der Waals surface area contributed by atoms with Gasteiger partial charge in [0.1, 0.15) is 0 Å². The van der Waals surface area contributed by atoms with Crippen LogP contribution in [0.15, 0.2) is 16.6 Å². The van der Waals surface area contributed by atoms with Gasteiger partial charge in [0.2, 0.25) is 0 Å². The van der Waals surface area contributed by atoms with Crippen LogP contribution >= 0.6 is 15.9 Å². The molecule has 0 saturated heterocycles. The highest BCUT2D eigenvalue weighted by atomic mass is 79.9. The zero-order valence-electron chi connectivity index (χ0n) is 10.1. The Bertz CT molecular complexity index is 344. The standard InChI is InChI=1S/C14H20BrN/c1-10-7-11(2)14(13(15)8-10)16-9-12-5-3-4-6-12/h7-8,12,16H,3-6,9H2,1-2H3. The van der Waals surface area contributed by atoms with Crippen molar-refractivity contribution < 1.29 is 0 Å². The lowest BCUT2D eigenvalue weighted by Gasteiger charge is -2.16. The second kappa shape index (κ2) is 5.22. The average molecular weight is 282 g/mol. The number of hydrogen-bond acceptors (Lipinski definition) is 1. The van der Waals surface area contributed by atoms with Crippen molar-refractivity contribution in [2.45, 2.75) is 39.5 Å². The first kappa shape index (κ1) is 12.0. The molecule has 0 unspecified atom stereocenters. The second-order valence-corrected chi connectivity index (χ2v) is 5.82. The van der Waals surface area contributed by atoms with E-state index in [1.165, 1.54) is 47.0 Å². The molecule has 0 bridgehead atoms. The first-order chi connectivity index (χ1) is 7.66. The van der Waals surface area contributed by atoms with E-state index in [-0.39, 0.29) is 0 Å². The predicted molar refractivity (Wildman–Crippen MR) is 74.1 cm³/mol. The summed E-state index contributed by atoms with van der Waals surface area (Å²) in [5.41, 5.74) is 3.93. The molecule has 0 heterocycles. The first-order valence-electron chi connectivity index (χ1n) is 6.17. The van der Waals surface area contributed by atoms with E-state index in [0.717, 1.165) is 12.5 Å². The quantitative estimate of drug-likeness (QED) is 0.849. The molecule has 1 aliphatic rings. The predicted octanol–water partition coefficient (Wildman–Crippen LogP) is 4.67. The van der Waals surface area contributed by atoms with Gasteiger partial charge in [-0.05, 0) is 65.7 Å². The third-order valence-corrected chi connectivity index (χ3v) is 4.10. The van der Waals surface area contributed by atoms with Crippen molar-refractivity contribution >= 4 is 21.6 Å². The van der Waals surface area contributed by atoms with Gasteiger partial charge in [-0.3, -0.25) is 0 Å². The maximum absolute atomic E-state index is 3.65. The van der Waals surface area contributed by atoms with Crippen LogP contribution in [0.2, 0.25) is 0 Å². The lowest BCUT2D eigenvalue weighted by molar-refractivity contribution is 0.579. The molecule has 1 N–H and O–H groups in total. The van der Waals surface area contributed by atoms with Crippen LogP contribution in [0.5, 0.6) is 0 Å². The number of rotatable bonds is 3. The van der Waals surface area contributed by atoms with E-state index in [1.54, 1.807) is 0 Å². The Morgan fingerprint density at radius 3 is 2.56 bits per heavy atom. The number of benzene rings is 1. The number of halogens is 1. The summed E-state index contributed by atoms with van der Waals surface area (Å²) in [4.78, 5) is 0. The van der Waals surface area contributed by atoms with Gasteiger partial charge < -0.3 is 5.32 Å². The van der Waals surface area contributed by atoms with Crippen LogP contribution in [0.1, 0.15) is 36.8 Å². The number of hydrogen-bond donors (Lipinski definition) is 1. The summed E-state index contributed by atoms with van der Waals surface area (Å²) in [6.45, 7) is 5.44. The first-order valence-corrected chi connectivity index (χ1v) is 6.96. The zero-order valence-corrected chi connectivity index (χ0v) is 11.7. The summed E-state index contributed by atoms with van der Waals surface area (Å²) in [6, 6.07) is 4.42. The summed E-state index contributed by atoms with van der Waals surface area (Å²) in [7, 11) is 0. The van der Waals surface area contributed by atoms with E-state index < -0.39 is 0 Å². The third-order valence-electron chi connectivity index (χ3n) is 3.47. The maximum atomic E-state index is 3.65. The molecule has 0 aromatic heterocycles. The van der Waals surface area contributed by atoms with Crippen molar-refractivity contribution in [3.05, 3.63) is 27.7 Å². The van der Waals surface area contributed by atoms with E-state index in [9.17, 15) is 0 Å². The summed E-state index contributed by atoms with van der Waals surface area (Å²) >= 11 is 3.65. The van der Waals surface area contributed by atoms with Crippen molar-refractivity contribution in [3.63, 3.8) is 0 Å². The molecule has 1 aromatic rings. The van der Waals surface area contributed by atoms with E-state index in [0.29, 0.717) is 0 Å². The fourth-order valence-electron chi connectivity index (χ4n) is 2.60. The van der Waals surface area contributed by atoms with Gasteiger partial charge in [-0.1, -0.05) is 18.9 Å². The van der Waals surface area contributed by atoms with Crippen molar-refractivity contribution in [1.29, 1.82) is 0 Å². The highest BCUT2D eigenvalue weighted by Gasteiger charge is 2.15. The molecule has 1 saturated carbocycles. The van der Waals surface area contributed by atoms with Gasteiger partial charge in [0.05, 0.1) is 5.69 Å². The molecular weight excluding hydrogens is 262 g/mol. The van der Waals surface area contributed by atoms with Gasteiger partial charge in [-0.15, -0.1) is 0 Å². The summed E-state index contributed by atoms with van der Waals surface area (Å²) in [5.74, 6) is 0.882. The molecule has 2 rings (SSSR count). The molecule has 1 aromatic carbocycles. The molecule has 0 radical (unpaired) electrons. The highest BCUT2D eigenvalue weighted by molar-refractivity contribution is 9.10. The Balaban J connectivity index is 2.03. The normalized spacial score (nSPS) is 16.7. The van der Waals surface area contributed by atoms with Crippen molar-refractivity contribution in [1.82, 2.24) is 0 Å². The lowest BCUT2D eigenvalue weighted by atomic mass is 10.1. The van der Waals surface area contributed by atoms with Crippen LogP contribution in [0.3, 0.4) is 0 Å². The maximum Gasteiger partial charge on any atom is 0.0514 e. The van der Waals surface area contributed by atoms with Crippen molar-refractivity contribution in [2.24, 2.45) is 5.92 Å². The molecule has 0 aliphatic heterocycles. The van der Waals surface area contributed by atoms with Crippen LogP contribution in [0, 0.1) is 19.8 Å². The van der Waals surface area contributed by atoms with E-state index in [1.807, 2.05) is 0 Å². The topological polar surface area (TPSA) is 12.0 Å². The molecule has 0 spiro atoms. The molecule has 2 heteroatoms. The third kappa shape index (κ3) is 2.79. The van der Waals surface area contributed by atoms with E-state index in [4.69, 9.17) is 0 Å². The van der Waals surface area contributed by atoms with E-state index >= 15 is 0 Å². The number of aryl methyl sites for hydroxylation is 2. The smallest absolute Gasteiger partial charge is 0.0514 e. The minimum atomic E-state index is 0.882. The summed E-state index contributed by atoms with van der Waals surface area (Å²) in [6.07, 6.45) is 5.63. The Labute approximate surface area is 107 Å². The Hall–Kier alpha value is -0.500. The Kier molecular flexibility index (Phi) is 3.91. The van der Waals surface area contributed by atoms with Gasteiger partial charge in [-0.25, -0.2) is 0 Å². The highest BCUT2D eigenvalue weighted by Crippen LogP contribution is 2.30. The van der Waals surface area contributed by atoms with Crippen LogP contribution in [0.25, 0.3) is 0 Å². The van der Waals surface area contributed by atoms with Gasteiger partial charge in [-0.2, -0.15) is 0 Å². The van der Waals surface area contributed by atoms with Crippen LogP contribution in [-0.2, 0) is 0 Å². The molecular formula is C14H20BrN. The minimum absolute atomic E-state index is 0.882. The van der Waals surface area contributed by atoms with Gasteiger partial charge in [0, 0.05) is 11.0 Å². The number of anilines is 1. The van der Waals surface area contributed by atoms with Crippen LogP contribution in [-0.4, -0.2) is 6.54 Å². The molecule has 88 valence electrons. The van der Waals surface area contributed by atoms with Gasteiger partial charge in [0.25, 0.3) is 0 Å².